The second-order valence-corrected chi connectivity index (χ2v) is 5.74. The van der Waals surface area contributed by atoms with Gasteiger partial charge in [-0.1, -0.05) is 0 Å². The van der Waals surface area contributed by atoms with E-state index in [2.05, 4.69) is 16.8 Å². The van der Waals surface area contributed by atoms with Gasteiger partial charge in [0.15, 0.2) is 0 Å². The van der Waals surface area contributed by atoms with Crippen molar-refractivity contribution < 1.29 is 14.6 Å². The van der Waals surface area contributed by atoms with Crippen LogP contribution in [0.25, 0.3) is 0 Å². The number of piperidine rings is 1. The van der Waals surface area contributed by atoms with E-state index in [1.165, 1.54) is 12.8 Å². The predicted molar refractivity (Wildman–Crippen MR) is 73.3 cm³/mol. The lowest BCUT2D eigenvalue weighted by Gasteiger charge is -2.41. The summed E-state index contributed by atoms with van der Waals surface area (Å²) < 4.78 is 5.41. The zero-order chi connectivity index (χ0) is 13.7. The van der Waals surface area contributed by atoms with Crippen molar-refractivity contribution >= 4 is 5.97 Å². The number of carboxylic acids is 1. The number of likely N-dealkylation sites (tertiary alicyclic amines) is 1. The SMILES string of the molecule is CN(CCC(=O)O)C1CCN(C2CCOCC2)CC1. The summed E-state index contributed by atoms with van der Waals surface area (Å²) in [4.78, 5) is 15.4. The first-order valence-corrected chi connectivity index (χ1v) is 7.40. The van der Waals surface area contributed by atoms with E-state index in [-0.39, 0.29) is 6.42 Å². The first-order chi connectivity index (χ1) is 9.16. The van der Waals surface area contributed by atoms with E-state index in [1.807, 2.05) is 0 Å². The van der Waals surface area contributed by atoms with Crippen molar-refractivity contribution in [3.63, 3.8) is 0 Å². The molecule has 19 heavy (non-hydrogen) atoms. The van der Waals surface area contributed by atoms with Gasteiger partial charge >= 0.3 is 5.97 Å². The molecule has 0 amide bonds. The molecule has 0 unspecified atom stereocenters. The van der Waals surface area contributed by atoms with E-state index >= 15 is 0 Å². The molecule has 2 saturated heterocycles. The monoisotopic (exact) mass is 270 g/mol. The Morgan fingerprint density at radius 2 is 1.89 bits per heavy atom. The van der Waals surface area contributed by atoms with Crippen LogP contribution in [0.3, 0.4) is 0 Å². The zero-order valence-electron chi connectivity index (χ0n) is 11.9. The molecule has 2 fully saturated rings. The second kappa shape index (κ2) is 7.22. The number of carbonyl (C=O) groups is 1. The topological polar surface area (TPSA) is 53.0 Å². The number of rotatable bonds is 5. The van der Waals surface area contributed by atoms with Crippen LogP contribution < -0.4 is 0 Å². The lowest BCUT2D eigenvalue weighted by atomic mass is 9.99. The van der Waals surface area contributed by atoms with Gasteiger partial charge in [0.1, 0.15) is 0 Å². The van der Waals surface area contributed by atoms with Crippen molar-refractivity contribution in [1.29, 1.82) is 0 Å². The van der Waals surface area contributed by atoms with Gasteiger partial charge in [-0.05, 0) is 45.8 Å². The van der Waals surface area contributed by atoms with Crippen molar-refractivity contribution in [2.45, 2.75) is 44.2 Å². The van der Waals surface area contributed by atoms with Gasteiger partial charge in [-0.15, -0.1) is 0 Å². The Balaban J connectivity index is 1.70. The first kappa shape index (κ1) is 14.8. The van der Waals surface area contributed by atoms with Crippen molar-refractivity contribution in [2.75, 3.05) is 39.9 Å². The van der Waals surface area contributed by atoms with Gasteiger partial charge in [0.25, 0.3) is 0 Å². The van der Waals surface area contributed by atoms with Gasteiger partial charge in [-0.3, -0.25) is 4.79 Å². The van der Waals surface area contributed by atoms with Crippen LogP contribution in [0.2, 0.25) is 0 Å². The Kier molecular flexibility index (Phi) is 5.60. The van der Waals surface area contributed by atoms with Crippen LogP contribution in [0.1, 0.15) is 32.1 Å². The van der Waals surface area contributed by atoms with E-state index in [1.54, 1.807) is 0 Å². The quantitative estimate of drug-likeness (QED) is 0.809. The van der Waals surface area contributed by atoms with Gasteiger partial charge in [0.2, 0.25) is 0 Å². The standard InChI is InChI=1S/C14H26N2O3/c1-15(7-4-14(17)18)12-2-8-16(9-3-12)13-5-10-19-11-6-13/h12-13H,2-11H2,1H3,(H,17,18). The third-order valence-electron chi connectivity index (χ3n) is 4.51. The molecule has 0 atom stereocenters. The van der Waals surface area contributed by atoms with E-state index in [9.17, 15) is 4.79 Å². The minimum atomic E-state index is -0.702. The number of aliphatic carboxylic acids is 1. The maximum atomic E-state index is 10.6. The Labute approximate surface area is 115 Å². The third kappa shape index (κ3) is 4.44. The van der Waals surface area contributed by atoms with Crippen molar-refractivity contribution in [3.8, 4) is 0 Å². The molecule has 5 heteroatoms. The predicted octanol–water partition coefficient (Wildman–Crippen LogP) is 1.04. The maximum absolute atomic E-state index is 10.6. The largest absolute Gasteiger partial charge is 0.481 e. The number of hydrogen-bond acceptors (Lipinski definition) is 4. The Morgan fingerprint density at radius 3 is 2.47 bits per heavy atom. The number of carboxylic acid groups (broad SMARTS) is 1. The van der Waals surface area contributed by atoms with Crippen LogP contribution >= 0.6 is 0 Å². The summed E-state index contributed by atoms with van der Waals surface area (Å²) in [5, 5.41) is 8.73. The average Bonchev–Trinajstić information content (AvgIpc) is 2.46. The van der Waals surface area contributed by atoms with Gasteiger partial charge in [-0.2, -0.15) is 0 Å². The van der Waals surface area contributed by atoms with Gasteiger partial charge in [0, 0.05) is 31.8 Å². The Morgan fingerprint density at radius 1 is 1.26 bits per heavy atom. The highest BCUT2D eigenvalue weighted by Crippen LogP contribution is 2.22. The van der Waals surface area contributed by atoms with Crippen LogP contribution in [0, 0.1) is 0 Å². The molecule has 0 saturated carbocycles. The van der Waals surface area contributed by atoms with Crippen molar-refractivity contribution in [1.82, 2.24) is 9.80 Å². The smallest absolute Gasteiger partial charge is 0.304 e. The lowest BCUT2D eigenvalue weighted by Crippen LogP contribution is -2.48. The molecule has 0 bridgehead atoms. The lowest BCUT2D eigenvalue weighted by molar-refractivity contribution is -0.137. The second-order valence-electron chi connectivity index (χ2n) is 5.74. The maximum Gasteiger partial charge on any atom is 0.304 e. The van der Waals surface area contributed by atoms with Crippen molar-refractivity contribution in [3.05, 3.63) is 0 Å². The van der Waals surface area contributed by atoms with Crippen LogP contribution in [0.5, 0.6) is 0 Å². The van der Waals surface area contributed by atoms with Crippen LogP contribution in [-0.2, 0) is 9.53 Å². The normalized spacial score (nSPS) is 23.9. The summed E-state index contributed by atoms with van der Waals surface area (Å²) in [5.74, 6) is -0.702. The van der Waals surface area contributed by atoms with Crippen LogP contribution in [-0.4, -0.2) is 72.9 Å². The molecule has 0 spiro atoms. The van der Waals surface area contributed by atoms with E-state index in [4.69, 9.17) is 9.84 Å². The highest BCUT2D eigenvalue weighted by Gasteiger charge is 2.27. The number of ether oxygens (including phenoxy) is 1. The Bertz CT molecular complexity index is 284. The first-order valence-electron chi connectivity index (χ1n) is 7.40. The summed E-state index contributed by atoms with van der Waals surface area (Å²) in [6, 6.07) is 1.26. The molecule has 2 aliphatic heterocycles. The average molecular weight is 270 g/mol. The molecule has 0 aliphatic carbocycles. The van der Waals surface area contributed by atoms with Gasteiger partial charge in [0.05, 0.1) is 6.42 Å². The minimum Gasteiger partial charge on any atom is -0.481 e. The summed E-state index contributed by atoms with van der Waals surface area (Å²) in [6.45, 7) is 4.77. The molecule has 0 radical (unpaired) electrons. The highest BCUT2D eigenvalue weighted by molar-refractivity contribution is 5.66. The summed E-state index contributed by atoms with van der Waals surface area (Å²) in [5.41, 5.74) is 0. The molecule has 0 aromatic carbocycles. The van der Waals surface area contributed by atoms with Gasteiger partial charge in [-0.25, -0.2) is 0 Å². The number of hydrogen-bond donors (Lipinski definition) is 1. The third-order valence-corrected chi connectivity index (χ3v) is 4.51. The van der Waals surface area contributed by atoms with E-state index in [0.29, 0.717) is 18.6 Å². The minimum absolute atomic E-state index is 0.247. The van der Waals surface area contributed by atoms with Crippen molar-refractivity contribution in [2.24, 2.45) is 0 Å². The van der Waals surface area contributed by atoms with Crippen LogP contribution in [0.15, 0.2) is 0 Å². The molecule has 5 nitrogen and oxygen atoms in total. The molecule has 0 aromatic rings. The molecular weight excluding hydrogens is 244 g/mol. The molecule has 2 heterocycles. The number of nitrogens with zero attached hydrogens (tertiary/aromatic N) is 2. The summed E-state index contributed by atoms with van der Waals surface area (Å²) in [7, 11) is 2.05. The fourth-order valence-electron chi connectivity index (χ4n) is 3.20. The fraction of sp³-hybridized carbons (Fsp3) is 0.929. The molecule has 110 valence electrons. The summed E-state index contributed by atoms with van der Waals surface area (Å²) >= 11 is 0. The zero-order valence-corrected chi connectivity index (χ0v) is 11.9. The molecule has 0 aromatic heterocycles. The fourth-order valence-corrected chi connectivity index (χ4v) is 3.20. The Hall–Kier alpha value is -0.650. The molecular formula is C14H26N2O3. The van der Waals surface area contributed by atoms with E-state index in [0.717, 1.165) is 39.1 Å². The molecule has 2 rings (SSSR count). The molecule has 2 aliphatic rings. The van der Waals surface area contributed by atoms with E-state index < -0.39 is 5.97 Å². The molecule has 1 N–H and O–H groups in total. The summed E-state index contributed by atoms with van der Waals surface area (Å²) in [6.07, 6.45) is 4.90. The van der Waals surface area contributed by atoms with Crippen LogP contribution in [0.4, 0.5) is 0 Å². The van der Waals surface area contributed by atoms with Gasteiger partial charge < -0.3 is 19.6 Å². The highest BCUT2D eigenvalue weighted by atomic mass is 16.5.